The number of phenols is 1. The third-order valence-corrected chi connectivity index (χ3v) is 5.49. The summed E-state index contributed by atoms with van der Waals surface area (Å²) in [5, 5.41) is 10.4. The van der Waals surface area contributed by atoms with E-state index in [1.54, 1.807) is 0 Å². The molecule has 8 heteroatoms. The number of hydrogen-bond acceptors (Lipinski definition) is 6. The fraction of sp³-hybridized carbons (Fsp3) is 0.435. The van der Waals surface area contributed by atoms with Gasteiger partial charge in [0.2, 0.25) is 0 Å². The van der Waals surface area contributed by atoms with Gasteiger partial charge in [-0.15, -0.1) is 0 Å². The molecule has 4 N–H and O–H groups in total. The van der Waals surface area contributed by atoms with E-state index in [-0.39, 0.29) is 35.9 Å². The van der Waals surface area contributed by atoms with Crippen molar-refractivity contribution in [2.24, 2.45) is 10.7 Å². The average molecular weight is 449 g/mol. The van der Waals surface area contributed by atoms with Crippen molar-refractivity contribution in [1.29, 1.82) is 0 Å². The van der Waals surface area contributed by atoms with Crippen LogP contribution >= 0.6 is 0 Å². The maximum Gasteiger partial charge on any atom is 0.446 e. The topological polar surface area (TPSA) is 122 Å². The Labute approximate surface area is 185 Å². The molecule has 0 aromatic heterocycles. The van der Waals surface area contributed by atoms with E-state index in [1.807, 2.05) is 13.0 Å². The quantitative estimate of drug-likeness (QED) is 0.350. The summed E-state index contributed by atoms with van der Waals surface area (Å²) in [6, 6.07) is 1.45. The molecule has 0 saturated carbocycles. The maximum atomic E-state index is 11.4. The lowest BCUT2D eigenvalue weighted by Gasteiger charge is -2.14. The molecule has 0 fully saturated rings. The molecule has 0 radical (unpaired) electrons. The van der Waals surface area contributed by atoms with Crippen molar-refractivity contribution in [2.75, 3.05) is 0 Å². The van der Waals surface area contributed by atoms with Crippen molar-refractivity contribution >= 4 is 16.2 Å². The third-order valence-electron chi connectivity index (χ3n) is 5.11. The van der Waals surface area contributed by atoms with Gasteiger partial charge in [0, 0.05) is 16.7 Å². The summed E-state index contributed by atoms with van der Waals surface area (Å²) >= 11 is 0. The number of aromatic hydroxyl groups is 1. The van der Waals surface area contributed by atoms with Gasteiger partial charge in [0.05, 0.1) is 6.54 Å². The Bertz CT molecular complexity index is 1050. The Kier molecular flexibility index (Phi) is 8.47. The van der Waals surface area contributed by atoms with Gasteiger partial charge < -0.3 is 15.0 Å². The molecule has 1 aromatic rings. The minimum atomic E-state index is -4.77. The van der Waals surface area contributed by atoms with Crippen molar-refractivity contribution in [3.63, 3.8) is 0 Å². The lowest BCUT2D eigenvalue weighted by Crippen LogP contribution is -2.14. The highest BCUT2D eigenvalue weighted by atomic mass is 32.3. The standard InChI is InChI=1S/C23H32N2O5S/c1-15(2)7-5-8-16(3)9-6-10-17(4)11-12-18-21(26)13-19-20(14-25-23(19)24)22(18)30-31(27,28)29/h7,9,11,13,26H,5-6,8,10,12,14H2,1-4H3,(H2,24,25)(H,27,28,29)/b16-9+,17-11+. The molecule has 0 spiro atoms. The number of aliphatic imine (C=N–C) groups is 1. The average Bonchev–Trinajstić information content (AvgIpc) is 3.00. The molecule has 0 bridgehead atoms. The second-order valence-corrected chi connectivity index (χ2v) is 9.13. The third kappa shape index (κ3) is 7.56. The Morgan fingerprint density at radius 2 is 1.74 bits per heavy atom. The fourth-order valence-corrected chi connectivity index (χ4v) is 3.80. The van der Waals surface area contributed by atoms with Gasteiger partial charge >= 0.3 is 10.4 Å². The number of fused-ring (bicyclic) bond motifs is 1. The molecule has 7 nitrogen and oxygen atoms in total. The fourth-order valence-electron chi connectivity index (χ4n) is 3.38. The van der Waals surface area contributed by atoms with E-state index < -0.39 is 10.4 Å². The van der Waals surface area contributed by atoms with E-state index in [9.17, 15) is 18.1 Å². The van der Waals surface area contributed by atoms with Crippen molar-refractivity contribution in [3.8, 4) is 11.5 Å². The zero-order chi connectivity index (χ0) is 23.2. The van der Waals surface area contributed by atoms with Crippen LogP contribution in [-0.4, -0.2) is 23.9 Å². The summed E-state index contributed by atoms with van der Waals surface area (Å²) in [6.45, 7) is 8.44. The molecular formula is C23H32N2O5S. The van der Waals surface area contributed by atoms with Crippen molar-refractivity contribution < 1.29 is 22.3 Å². The molecule has 31 heavy (non-hydrogen) atoms. The van der Waals surface area contributed by atoms with Crippen LogP contribution < -0.4 is 9.92 Å². The molecule has 1 aliphatic heterocycles. The predicted octanol–water partition coefficient (Wildman–Crippen LogP) is 4.75. The van der Waals surface area contributed by atoms with Crippen molar-refractivity contribution in [1.82, 2.24) is 0 Å². The summed E-state index contributed by atoms with van der Waals surface area (Å²) in [7, 11) is -4.77. The Balaban J connectivity index is 2.12. The number of nitrogens with zero attached hydrogens (tertiary/aromatic N) is 1. The Morgan fingerprint density at radius 3 is 2.35 bits per heavy atom. The number of allylic oxidation sites excluding steroid dienone is 6. The molecule has 1 aromatic carbocycles. The van der Waals surface area contributed by atoms with Crippen LogP contribution in [0.25, 0.3) is 0 Å². The maximum absolute atomic E-state index is 11.4. The largest absolute Gasteiger partial charge is 0.507 e. The normalized spacial score (nSPS) is 14.3. The molecule has 0 amide bonds. The second kappa shape index (κ2) is 10.6. The highest BCUT2D eigenvalue weighted by Crippen LogP contribution is 2.38. The van der Waals surface area contributed by atoms with E-state index in [2.05, 4.69) is 37.9 Å². The van der Waals surface area contributed by atoms with Gasteiger partial charge in [-0.25, -0.2) is 0 Å². The van der Waals surface area contributed by atoms with Crippen molar-refractivity contribution in [3.05, 3.63) is 57.7 Å². The molecule has 0 unspecified atom stereocenters. The summed E-state index contributed by atoms with van der Waals surface area (Å²) in [6.07, 6.45) is 10.5. The van der Waals surface area contributed by atoms with Crippen LogP contribution in [0.15, 0.2) is 46.0 Å². The zero-order valence-electron chi connectivity index (χ0n) is 18.6. The van der Waals surface area contributed by atoms with E-state index >= 15 is 0 Å². The van der Waals surface area contributed by atoms with Gasteiger partial charge in [-0.05, 0) is 65.9 Å². The SMILES string of the molecule is CC(C)=CCC/C(C)=C/CC/C(C)=C/Cc1c(O)cc2c(c1OS(=O)(=O)O)CN=C2N. The number of benzene rings is 1. The lowest BCUT2D eigenvalue weighted by molar-refractivity contribution is 0.381. The van der Waals surface area contributed by atoms with E-state index in [0.717, 1.165) is 31.3 Å². The smallest absolute Gasteiger partial charge is 0.446 e. The van der Waals surface area contributed by atoms with Crippen LogP contribution in [0.4, 0.5) is 0 Å². The van der Waals surface area contributed by atoms with Crippen molar-refractivity contribution in [2.45, 2.75) is 66.3 Å². The zero-order valence-corrected chi connectivity index (χ0v) is 19.4. The van der Waals surface area contributed by atoms with Crippen LogP contribution in [0.2, 0.25) is 0 Å². The second-order valence-electron chi connectivity index (χ2n) is 8.11. The van der Waals surface area contributed by atoms with Crippen LogP contribution in [-0.2, 0) is 23.4 Å². The van der Waals surface area contributed by atoms with Gasteiger partial charge in [-0.2, -0.15) is 8.42 Å². The van der Waals surface area contributed by atoms with Crippen LogP contribution in [0.5, 0.6) is 11.5 Å². The van der Waals surface area contributed by atoms with Gasteiger partial charge in [0.15, 0.2) is 5.75 Å². The van der Waals surface area contributed by atoms with E-state index in [0.29, 0.717) is 11.1 Å². The molecule has 0 aliphatic carbocycles. The molecule has 0 atom stereocenters. The van der Waals surface area contributed by atoms with Crippen LogP contribution in [0.1, 0.15) is 70.1 Å². The van der Waals surface area contributed by atoms with Gasteiger partial charge in [0.25, 0.3) is 0 Å². The predicted molar refractivity (Wildman–Crippen MR) is 124 cm³/mol. The first-order valence-electron chi connectivity index (χ1n) is 10.3. The minimum Gasteiger partial charge on any atom is -0.507 e. The number of rotatable bonds is 10. The summed E-state index contributed by atoms with van der Waals surface area (Å²) in [5.74, 6) is -0.0761. The number of nitrogens with two attached hydrogens (primary N) is 1. The lowest BCUT2D eigenvalue weighted by atomic mass is 9.98. The van der Waals surface area contributed by atoms with E-state index in [1.165, 1.54) is 17.2 Å². The summed E-state index contributed by atoms with van der Waals surface area (Å²) in [4.78, 5) is 4.06. The molecule has 1 heterocycles. The summed E-state index contributed by atoms with van der Waals surface area (Å²) < 4.78 is 36.7. The monoisotopic (exact) mass is 448 g/mol. The number of amidine groups is 1. The molecule has 0 saturated heterocycles. The minimum absolute atomic E-state index is 0.110. The molecule has 1 aliphatic rings. The van der Waals surface area contributed by atoms with Gasteiger partial charge in [0.1, 0.15) is 11.6 Å². The first-order chi connectivity index (χ1) is 14.5. The number of hydrogen-bond donors (Lipinski definition) is 3. The van der Waals surface area contributed by atoms with Gasteiger partial charge in [-0.3, -0.25) is 9.55 Å². The van der Waals surface area contributed by atoms with Gasteiger partial charge in [-0.1, -0.05) is 34.9 Å². The molecular weight excluding hydrogens is 416 g/mol. The highest BCUT2D eigenvalue weighted by Gasteiger charge is 2.26. The Morgan fingerprint density at radius 1 is 1.13 bits per heavy atom. The van der Waals surface area contributed by atoms with Crippen LogP contribution in [0, 0.1) is 0 Å². The Hall–Kier alpha value is -2.58. The molecule has 2 rings (SSSR count). The van der Waals surface area contributed by atoms with Crippen LogP contribution in [0.3, 0.4) is 0 Å². The summed E-state index contributed by atoms with van der Waals surface area (Å²) in [5.41, 5.74) is 10.7. The van der Waals surface area contributed by atoms with E-state index in [4.69, 9.17) is 9.92 Å². The highest BCUT2D eigenvalue weighted by molar-refractivity contribution is 7.81. The number of phenolic OH excluding ortho intramolecular Hbond substituents is 1. The molecule has 170 valence electrons. The first-order valence-corrected chi connectivity index (χ1v) is 11.6. The first kappa shape index (κ1) is 24.7.